The first-order chi connectivity index (χ1) is 14.5. The lowest BCUT2D eigenvalue weighted by atomic mass is 9.97. The molecule has 2 atom stereocenters. The molecule has 0 aromatic heterocycles. The molecule has 1 N–H and O–H groups in total. The number of carbonyl (C=O) groups is 2. The molecule has 1 aromatic rings. The number of hydrazine groups is 1. The summed E-state index contributed by atoms with van der Waals surface area (Å²) in [5.74, 6) is 0.333. The van der Waals surface area contributed by atoms with Crippen molar-refractivity contribution in [3.8, 4) is 0 Å². The van der Waals surface area contributed by atoms with E-state index in [4.69, 9.17) is 14.2 Å². The third-order valence-electron chi connectivity index (χ3n) is 6.32. The highest BCUT2D eigenvalue weighted by Crippen LogP contribution is 2.40. The summed E-state index contributed by atoms with van der Waals surface area (Å²) >= 11 is 0. The van der Waals surface area contributed by atoms with Gasteiger partial charge in [0.2, 0.25) is 0 Å². The zero-order valence-corrected chi connectivity index (χ0v) is 17.4. The van der Waals surface area contributed by atoms with E-state index in [1.165, 1.54) is 20.0 Å². The smallest absolute Gasteiger partial charge is 0.414 e. The maximum atomic E-state index is 12.9. The third kappa shape index (κ3) is 3.51. The van der Waals surface area contributed by atoms with E-state index in [1.54, 1.807) is 9.80 Å². The molecule has 0 bridgehead atoms. The van der Waals surface area contributed by atoms with Crippen LogP contribution in [0.25, 0.3) is 0 Å². The fraction of sp³-hybridized carbons (Fsp3) is 0.619. The molecule has 2 saturated heterocycles. The monoisotopic (exact) mass is 416 g/mol. The number of methoxy groups -OCH3 is 1. The van der Waals surface area contributed by atoms with Crippen LogP contribution in [0.4, 0.5) is 21.0 Å². The Balaban J connectivity index is 1.45. The van der Waals surface area contributed by atoms with Gasteiger partial charge in [-0.3, -0.25) is 15.2 Å². The van der Waals surface area contributed by atoms with Gasteiger partial charge in [0.05, 0.1) is 44.3 Å². The van der Waals surface area contributed by atoms with Crippen LogP contribution in [0.3, 0.4) is 0 Å². The van der Waals surface area contributed by atoms with Crippen LogP contribution in [0.15, 0.2) is 18.2 Å². The van der Waals surface area contributed by atoms with Gasteiger partial charge in [0.25, 0.3) is 0 Å². The number of ether oxygens (including phenoxy) is 3. The van der Waals surface area contributed by atoms with Crippen molar-refractivity contribution < 1.29 is 23.8 Å². The minimum atomic E-state index is -0.431. The second kappa shape index (κ2) is 7.72. The first-order valence-corrected chi connectivity index (χ1v) is 10.6. The van der Waals surface area contributed by atoms with Crippen molar-refractivity contribution in [1.82, 2.24) is 10.4 Å². The van der Waals surface area contributed by atoms with E-state index in [2.05, 4.69) is 16.5 Å². The predicted octanol–water partition coefficient (Wildman–Crippen LogP) is 2.07. The summed E-state index contributed by atoms with van der Waals surface area (Å²) in [5.41, 5.74) is 5.99. The molecule has 0 radical (unpaired) electrons. The average molecular weight is 416 g/mol. The number of hydrogen-bond acceptors (Lipinski definition) is 7. The van der Waals surface area contributed by atoms with Gasteiger partial charge in [-0.05, 0) is 37.5 Å². The van der Waals surface area contributed by atoms with Crippen LogP contribution in [0, 0.1) is 0 Å². The number of carbonyl (C=O) groups excluding carboxylic acids is 2. The van der Waals surface area contributed by atoms with Gasteiger partial charge in [-0.1, -0.05) is 6.07 Å². The quantitative estimate of drug-likeness (QED) is 0.808. The topological polar surface area (TPSA) is 83.6 Å². The number of anilines is 2. The van der Waals surface area contributed by atoms with Crippen molar-refractivity contribution in [3.05, 3.63) is 23.8 Å². The summed E-state index contributed by atoms with van der Waals surface area (Å²) in [7, 11) is 1.37. The van der Waals surface area contributed by atoms with E-state index in [-0.39, 0.29) is 12.1 Å². The van der Waals surface area contributed by atoms with Crippen molar-refractivity contribution in [1.29, 1.82) is 0 Å². The number of benzene rings is 1. The molecule has 1 aliphatic carbocycles. The number of fused-ring (bicyclic) bond motifs is 1. The van der Waals surface area contributed by atoms with Crippen molar-refractivity contribution in [2.75, 3.05) is 49.8 Å². The average Bonchev–Trinajstić information content (AvgIpc) is 3.45. The molecule has 162 valence electrons. The molecule has 3 heterocycles. The van der Waals surface area contributed by atoms with Crippen molar-refractivity contribution >= 4 is 23.6 Å². The van der Waals surface area contributed by atoms with Crippen molar-refractivity contribution in [2.24, 2.45) is 0 Å². The Bertz CT molecular complexity index is 841. The van der Waals surface area contributed by atoms with Crippen LogP contribution < -0.4 is 15.2 Å². The molecular weight excluding hydrogens is 388 g/mol. The second-order valence-corrected chi connectivity index (χ2v) is 8.53. The molecule has 3 fully saturated rings. The highest BCUT2D eigenvalue weighted by atomic mass is 16.6. The Kier molecular flexibility index (Phi) is 5.04. The maximum absolute atomic E-state index is 12.9. The Morgan fingerprint density at radius 2 is 1.93 bits per heavy atom. The molecule has 30 heavy (non-hydrogen) atoms. The number of nitrogens with zero attached hydrogens (tertiary/aromatic N) is 3. The minimum Gasteiger partial charge on any atom is -0.452 e. The standard InChI is InChI=1S/C21H28N4O5/c1-13-9-23(20(26)30-17-11-29-12-17)19-7-14(3-6-18(19)25(13)21(27)28-2)15-8-22-24(10-15)16-4-5-16/h3,6-7,13,15-17,22H,4-5,8-12H2,1-2H3/t13-,15?/m0/s1. The molecule has 3 aliphatic heterocycles. The summed E-state index contributed by atoms with van der Waals surface area (Å²) in [6, 6.07) is 6.42. The van der Waals surface area contributed by atoms with Crippen molar-refractivity contribution in [3.63, 3.8) is 0 Å². The minimum absolute atomic E-state index is 0.204. The van der Waals surface area contributed by atoms with E-state index < -0.39 is 12.2 Å². The van der Waals surface area contributed by atoms with E-state index >= 15 is 0 Å². The first kappa shape index (κ1) is 19.6. The van der Waals surface area contributed by atoms with Gasteiger partial charge in [0, 0.05) is 25.0 Å². The molecule has 0 spiro atoms. The van der Waals surface area contributed by atoms with Crippen LogP contribution >= 0.6 is 0 Å². The van der Waals surface area contributed by atoms with Crippen LogP contribution in [0.2, 0.25) is 0 Å². The largest absolute Gasteiger partial charge is 0.452 e. The molecule has 5 rings (SSSR count). The molecule has 1 aromatic carbocycles. The molecule has 1 saturated carbocycles. The first-order valence-electron chi connectivity index (χ1n) is 10.6. The lowest BCUT2D eigenvalue weighted by Gasteiger charge is -2.40. The van der Waals surface area contributed by atoms with E-state index in [1.807, 2.05) is 19.1 Å². The summed E-state index contributed by atoms with van der Waals surface area (Å²) in [6.45, 7) is 4.92. The SMILES string of the molecule is COC(=O)N1c2ccc(C3CNN(C4CC4)C3)cc2N(C(=O)OC2COC2)C[C@@H]1C. The third-order valence-corrected chi connectivity index (χ3v) is 6.32. The summed E-state index contributed by atoms with van der Waals surface area (Å²) in [6.07, 6.45) is 1.46. The van der Waals surface area contributed by atoms with Gasteiger partial charge in [-0.2, -0.15) is 0 Å². The van der Waals surface area contributed by atoms with Gasteiger partial charge >= 0.3 is 12.2 Å². The van der Waals surface area contributed by atoms with Gasteiger partial charge in [-0.25, -0.2) is 14.6 Å². The highest BCUT2D eigenvalue weighted by molar-refractivity contribution is 6.01. The van der Waals surface area contributed by atoms with Crippen LogP contribution in [-0.2, 0) is 14.2 Å². The number of nitrogens with one attached hydrogen (secondary N) is 1. The van der Waals surface area contributed by atoms with Gasteiger partial charge in [0.1, 0.15) is 0 Å². The van der Waals surface area contributed by atoms with Gasteiger partial charge < -0.3 is 14.2 Å². The summed E-state index contributed by atoms with van der Waals surface area (Å²) in [5, 5.41) is 2.33. The molecule has 9 nitrogen and oxygen atoms in total. The lowest BCUT2D eigenvalue weighted by molar-refractivity contribution is -0.0965. The molecule has 2 amide bonds. The summed E-state index contributed by atoms with van der Waals surface area (Å²) < 4.78 is 15.7. The molecule has 4 aliphatic rings. The van der Waals surface area contributed by atoms with Crippen molar-refractivity contribution in [2.45, 2.75) is 43.9 Å². The number of amides is 2. The molecule has 1 unspecified atom stereocenters. The maximum Gasteiger partial charge on any atom is 0.414 e. The fourth-order valence-corrected chi connectivity index (χ4v) is 4.42. The summed E-state index contributed by atoms with van der Waals surface area (Å²) in [4.78, 5) is 28.6. The van der Waals surface area contributed by atoms with Crippen LogP contribution in [0.1, 0.15) is 31.2 Å². The lowest BCUT2D eigenvalue weighted by Crippen LogP contribution is -2.53. The Labute approximate surface area is 175 Å². The Morgan fingerprint density at radius 3 is 2.60 bits per heavy atom. The van der Waals surface area contributed by atoms with Crippen LogP contribution in [0.5, 0.6) is 0 Å². The Morgan fingerprint density at radius 1 is 1.13 bits per heavy atom. The van der Waals surface area contributed by atoms with E-state index in [9.17, 15) is 9.59 Å². The van der Waals surface area contributed by atoms with Gasteiger partial charge in [-0.15, -0.1) is 0 Å². The van der Waals surface area contributed by atoms with E-state index in [0.717, 1.165) is 18.7 Å². The molecular formula is C21H28N4O5. The molecule has 9 heteroatoms. The fourth-order valence-electron chi connectivity index (χ4n) is 4.42. The predicted molar refractivity (Wildman–Crippen MR) is 110 cm³/mol. The Hall–Kier alpha value is -2.36. The number of rotatable bonds is 3. The zero-order valence-electron chi connectivity index (χ0n) is 17.4. The highest BCUT2D eigenvalue weighted by Gasteiger charge is 2.39. The van der Waals surface area contributed by atoms with E-state index in [0.29, 0.717) is 43.1 Å². The van der Waals surface area contributed by atoms with Gasteiger partial charge in [0.15, 0.2) is 6.10 Å². The van der Waals surface area contributed by atoms with Crippen LogP contribution in [-0.4, -0.2) is 75.3 Å². The second-order valence-electron chi connectivity index (χ2n) is 8.53. The normalized spacial score (nSPS) is 26.9. The number of hydrogen-bond donors (Lipinski definition) is 1. The zero-order chi connectivity index (χ0) is 20.8.